The van der Waals surface area contributed by atoms with Crippen LogP contribution in [-0.2, 0) is 11.2 Å². The quantitative estimate of drug-likeness (QED) is 0.780. The van der Waals surface area contributed by atoms with Gasteiger partial charge in [-0.15, -0.1) is 0 Å². The third-order valence-corrected chi connectivity index (χ3v) is 1.88. The number of aromatic nitrogens is 1. The van der Waals surface area contributed by atoms with Gasteiger partial charge in [0.2, 0.25) is 0 Å². The number of amides is 1. The largest absolute Gasteiger partial charge is 0.480 e. The van der Waals surface area contributed by atoms with Crippen molar-refractivity contribution in [2.24, 2.45) is 0 Å². The molecule has 0 aromatic carbocycles. The number of hydrogen-bond donors (Lipinski definition) is 1. The number of oxazole rings is 1. The zero-order chi connectivity index (χ0) is 11.4. The van der Waals surface area contributed by atoms with Crippen LogP contribution in [-0.4, -0.2) is 40.5 Å². The smallest absolute Gasteiger partial charge is 0.323 e. The van der Waals surface area contributed by atoms with Gasteiger partial charge >= 0.3 is 5.97 Å². The Morgan fingerprint density at radius 2 is 2.27 bits per heavy atom. The molecule has 0 bridgehead atoms. The van der Waals surface area contributed by atoms with E-state index < -0.39 is 11.9 Å². The first-order chi connectivity index (χ1) is 7.06. The fourth-order valence-corrected chi connectivity index (χ4v) is 1.15. The molecule has 6 nitrogen and oxygen atoms in total. The third kappa shape index (κ3) is 2.55. The number of carboxylic acids is 1. The molecule has 1 heterocycles. The van der Waals surface area contributed by atoms with E-state index in [0.29, 0.717) is 12.2 Å². The van der Waals surface area contributed by atoms with Crippen molar-refractivity contribution >= 4 is 11.9 Å². The van der Waals surface area contributed by atoms with Crippen LogP contribution in [0.2, 0.25) is 0 Å². The summed E-state index contributed by atoms with van der Waals surface area (Å²) in [5.41, 5.74) is 0.182. The SMILES string of the molecule is CCc1ocnc1C(=O)N(C)CC(=O)O. The topological polar surface area (TPSA) is 83.6 Å². The summed E-state index contributed by atoms with van der Waals surface area (Å²) in [6.45, 7) is 1.48. The van der Waals surface area contributed by atoms with E-state index in [0.717, 1.165) is 4.90 Å². The first-order valence-corrected chi connectivity index (χ1v) is 4.45. The molecule has 0 unspecified atom stereocenters. The van der Waals surface area contributed by atoms with E-state index in [4.69, 9.17) is 9.52 Å². The molecule has 0 fully saturated rings. The Labute approximate surface area is 86.5 Å². The molecule has 0 aliphatic carbocycles. The lowest BCUT2D eigenvalue weighted by atomic mass is 10.2. The van der Waals surface area contributed by atoms with Crippen LogP contribution in [0.15, 0.2) is 10.8 Å². The van der Waals surface area contributed by atoms with Crippen LogP contribution in [0, 0.1) is 0 Å². The van der Waals surface area contributed by atoms with E-state index in [-0.39, 0.29) is 12.2 Å². The van der Waals surface area contributed by atoms with E-state index >= 15 is 0 Å². The number of carboxylic acid groups (broad SMARTS) is 1. The summed E-state index contributed by atoms with van der Waals surface area (Å²) in [6.07, 6.45) is 1.72. The van der Waals surface area contributed by atoms with Crippen LogP contribution in [0.25, 0.3) is 0 Å². The summed E-state index contributed by atoms with van der Waals surface area (Å²) >= 11 is 0. The number of nitrogens with zero attached hydrogens (tertiary/aromatic N) is 2. The lowest BCUT2D eigenvalue weighted by Gasteiger charge is -2.12. The van der Waals surface area contributed by atoms with Crippen molar-refractivity contribution in [1.82, 2.24) is 9.88 Å². The van der Waals surface area contributed by atoms with Gasteiger partial charge in [0.15, 0.2) is 12.1 Å². The highest BCUT2D eigenvalue weighted by Gasteiger charge is 2.20. The maximum Gasteiger partial charge on any atom is 0.323 e. The fraction of sp³-hybridized carbons (Fsp3) is 0.444. The molecule has 1 N–H and O–H groups in total. The highest BCUT2D eigenvalue weighted by atomic mass is 16.4. The molecule has 1 rings (SSSR count). The zero-order valence-corrected chi connectivity index (χ0v) is 8.56. The Balaban J connectivity index is 2.80. The van der Waals surface area contributed by atoms with Crippen molar-refractivity contribution in [3.05, 3.63) is 17.8 Å². The van der Waals surface area contributed by atoms with Crippen molar-refractivity contribution in [2.75, 3.05) is 13.6 Å². The van der Waals surface area contributed by atoms with Gasteiger partial charge < -0.3 is 14.4 Å². The molecule has 15 heavy (non-hydrogen) atoms. The summed E-state index contributed by atoms with van der Waals surface area (Å²) < 4.78 is 4.98. The Morgan fingerprint density at radius 1 is 1.60 bits per heavy atom. The minimum absolute atomic E-state index is 0.182. The van der Waals surface area contributed by atoms with E-state index in [2.05, 4.69) is 4.98 Å². The van der Waals surface area contributed by atoms with Gasteiger partial charge in [0.25, 0.3) is 5.91 Å². The fourth-order valence-electron chi connectivity index (χ4n) is 1.15. The summed E-state index contributed by atoms with van der Waals surface area (Å²) in [5, 5.41) is 8.52. The van der Waals surface area contributed by atoms with Crippen LogP contribution in [0.4, 0.5) is 0 Å². The molecule has 0 aliphatic rings. The predicted octanol–water partition coefficient (Wildman–Crippen LogP) is 0.394. The van der Waals surface area contributed by atoms with Gasteiger partial charge in [-0.1, -0.05) is 6.92 Å². The van der Waals surface area contributed by atoms with Gasteiger partial charge in [-0.05, 0) is 0 Å². The molecule has 0 saturated carbocycles. The van der Waals surface area contributed by atoms with Crippen LogP contribution in [0.5, 0.6) is 0 Å². The van der Waals surface area contributed by atoms with Crippen LogP contribution in [0.1, 0.15) is 23.2 Å². The summed E-state index contributed by atoms with van der Waals surface area (Å²) in [4.78, 5) is 26.9. The Bertz CT molecular complexity index is 372. The van der Waals surface area contributed by atoms with E-state index in [9.17, 15) is 9.59 Å². The molecule has 0 radical (unpaired) electrons. The normalized spacial score (nSPS) is 10.0. The average molecular weight is 212 g/mol. The second-order valence-corrected chi connectivity index (χ2v) is 3.03. The molecule has 0 aliphatic heterocycles. The number of carbonyl (C=O) groups is 2. The first kappa shape index (κ1) is 11.2. The second kappa shape index (κ2) is 4.59. The van der Waals surface area contributed by atoms with E-state index in [1.54, 1.807) is 0 Å². The minimum atomic E-state index is -1.06. The Hall–Kier alpha value is -1.85. The van der Waals surface area contributed by atoms with Crippen molar-refractivity contribution in [1.29, 1.82) is 0 Å². The molecule has 0 saturated heterocycles. The monoisotopic (exact) mass is 212 g/mol. The first-order valence-electron chi connectivity index (χ1n) is 4.45. The van der Waals surface area contributed by atoms with Crippen LogP contribution >= 0.6 is 0 Å². The number of hydrogen-bond acceptors (Lipinski definition) is 4. The summed E-state index contributed by atoms with van der Waals surface area (Å²) in [5.74, 6) is -1.03. The molecular weight excluding hydrogens is 200 g/mol. The molecule has 1 aromatic rings. The maximum absolute atomic E-state index is 11.7. The van der Waals surface area contributed by atoms with Gasteiger partial charge in [-0.3, -0.25) is 9.59 Å². The van der Waals surface area contributed by atoms with Gasteiger partial charge in [-0.2, -0.15) is 0 Å². The lowest BCUT2D eigenvalue weighted by Crippen LogP contribution is -2.32. The summed E-state index contributed by atoms with van der Waals surface area (Å²) in [7, 11) is 1.41. The van der Waals surface area contributed by atoms with Crippen LogP contribution < -0.4 is 0 Å². The van der Waals surface area contributed by atoms with Gasteiger partial charge in [0.1, 0.15) is 12.3 Å². The molecule has 1 aromatic heterocycles. The number of likely N-dealkylation sites (N-methyl/N-ethyl adjacent to an activating group) is 1. The third-order valence-electron chi connectivity index (χ3n) is 1.88. The van der Waals surface area contributed by atoms with Gasteiger partial charge in [0, 0.05) is 13.5 Å². The molecule has 6 heteroatoms. The summed E-state index contributed by atoms with van der Waals surface area (Å²) in [6, 6.07) is 0. The van der Waals surface area contributed by atoms with E-state index in [1.807, 2.05) is 6.92 Å². The number of aliphatic carboxylic acids is 1. The number of aryl methyl sites for hydroxylation is 1. The van der Waals surface area contributed by atoms with Crippen molar-refractivity contribution < 1.29 is 19.1 Å². The van der Waals surface area contributed by atoms with Crippen LogP contribution in [0.3, 0.4) is 0 Å². The molecule has 82 valence electrons. The Kier molecular flexibility index (Phi) is 3.43. The number of rotatable bonds is 4. The molecule has 1 amide bonds. The highest BCUT2D eigenvalue weighted by molar-refractivity contribution is 5.94. The second-order valence-electron chi connectivity index (χ2n) is 3.03. The molecule has 0 spiro atoms. The highest BCUT2D eigenvalue weighted by Crippen LogP contribution is 2.09. The van der Waals surface area contributed by atoms with Crippen molar-refractivity contribution in [3.8, 4) is 0 Å². The number of carbonyl (C=O) groups excluding carboxylic acids is 1. The lowest BCUT2D eigenvalue weighted by molar-refractivity contribution is -0.137. The maximum atomic E-state index is 11.7. The molecular formula is C9H12N2O4. The van der Waals surface area contributed by atoms with Crippen molar-refractivity contribution in [2.45, 2.75) is 13.3 Å². The standard InChI is InChI=1S/C9H12N2O4/c1-3-6-8(10-5-15-6)9(14)11(2)4-7(12)13/h5H,3-4H2,1-2H3,(H,12,13). The minimum Gasteiger partial charge on any atom is -0.480 e. The zero-order valence-electron chi connectivity index (χ0n) is 8.56. The predicted molar refractivity (Wildman–Crippen MR) is 50.5 cm³/mol. The van der Waals surface area contributed by atoms with Gasteiger partial charge in [0.05, 0.1) is 0 Å². The van der Waals surface area contributed by atoms with Gasteiger partial charge in [-0.25, -0.2) is 4.98 Å². The molecule has 0 atom stereocenters. The van der Waals surface area contributed by atoms with Crippen molar-refractivity contribution in [3.63, 3.8) is 0 Å². The Morgan fingerprint density at radius 3 is 2.80 bits per heavy atom. The average Bonchev–Trinajstić information content (AvgIpc) is 2.62. The van der Waals surface area contributed by atoms with E-state index in [1.165, 1.54) is 13.4 Å².